The highest BCUT2D eigenvalue weighted by molar-refractivity contribution is 6.15. The van der Waals surface area contributed by atoms with Gasteiger partial charge in [-0.1, -0.05) is 30.3 Å². The summed E-state index contributed by atoms with van der Waals surface area (Å²) in [6.07, 6.45) is 3.76. The van der Waals surface area contributed by atoms with Gasteiger partial charge in [0.15, 0.2) is 12.4 Å². The average molecular weight is 498 g/mol. The Morgan fingerprint density at radius 2 is 1.89 bits per heavy atom. The van der Waals surface area contributed by atoms with E-state index in [0.29, 0.717) is 22.6 Å². The predicted molar refractivity (Wildman–Crippen MR) is 140 cm³/mol. The molecule has 37 heavy (non-hydrogen) atoms. The molecule has 2 heterocycles. The summed E-state index contributed by atoms with van der Waals surface area (Å²) >= 11 is 0. The van der Waals surface area contributed by atoms with Gasteiger partial charge in [0.2, 0.25) is 5.78 Å². The molecule has 1 aliphatic rings. The third kappa shape index (κ3) is 4.80. The van der Waals surface area contributed by atoms with E-state index in [0.717, 1.165) is 34.3 Å². The Kier molecular flexibility index (Phi) is 6.68. The lowest BCUT2D eigenvalue weighted by Crippen LogP contribution is -2.15. The maximum absolute atomic E-state index is 13.1. The number of allylic oxidation sites excluding steroid dienone is 1. The molecule has 0 atom stereocenters. The SMILES string of the molecule is CCn1cc(C=C2Oc3c(ccc(OCC(=O)OCc4ccccc4)c3C)C2=O)c2cc(OC)ccc21. The third-order valence-electron chi connectivity index (χ3n) is 6.37. The van der Waals surface area contributed by atoms with Crippen LogP contribution < -0.4 is 14.2 Å². The monoisotopic (exact) mass is 497 g/mol. The molecule has 5 rings (SSSR count). The van der Waals surface area contributed by atoms with Crippen molar-refractivity contribution in [2.75, 3.05) is 13.7 Å². The minimum atomic E-state index is -0.482. The Balaban J connectivity index is 1.33. The largest absolute Gasteiger partial charge is 0.497 e. The summed E-state index contributed by atoms with van der Waals surface area (Å²) in [7, 11) is 1.63. The maximum atomic E-state index is 13.1. The quantitative estimate of drug-likeness (QED) is 0.229. The first kappa shape index (κ1) is 24.2. The Morgan fingerprint density at radius 3 is 2.65 bits per heavy atom. The molecule has 0 fully saturated rings. The Hall–Kier alpha value is -4.52. The molecule has 0 saturated carbocycles. The number of carbonyl (C=O) groups excluding carboxylic acids is 2. The van der Waals surface area contributed by atoms with Crippen LogP contribution >= 0.6 is 0 Å². The lowest BCUT2D eigenvalue weighted by atomic mass is 10.1. The number of benzene rings is 3. The highest BCUT2D eigenvalue weighted by Gasteiger charge is 2.30. The summed E-state index contributed by atoms with van der Waals surface area (Å²) < 4.78 is 24.5. The average Bonchev–Trinajstić information content (AvgIpc) is 3.44. The van der Waals surface area contributed by atoms with Crippen molar-refractivity contribution in [2.24, 2.45) is 0 Å². The van der Waals surface area contributed by atoms with Gasteiger partial charge in [-0.2, -0.15) is 0 Å². The van der Waals surface area contributed by atoms with E-state index >= 15 is 0 Å². The van der Waals surface area contributed by atoms with Crippen molar-refractivity contribution in [1.82, 2.24) is 4.57 Å². The van der Waals surface area contributed by atoms with E-state index in [4.69, 9.17) is 18.9 Å². The van der Waals surface area contributed by atoms with Crippen molar-refractivity contribution in [3.63, 3.8) is 0 Å². The van der Waals surface area contributed by atoms with Crippen molar-refractivity contribution >= 4 is 28.7 Å². The normalized spacial score (nSPS) is 13.5. The lowest BCUT2D eigenvalue weighted by molar-refractivity contribution is -0.147. The smallest absolute Gasteiger partial charge is 0.344 e. The number of Topliss-reactive ketones (excluding diaryl/α,β-unsaturated/α-hetero) is 1. The summed E-state index contributed by atoms with van der Waals surface area (Å²) in [5.41, 5.74) is 3.91. The minimum Gasteiger partial charge on any atom is -0.497 e. The van der Waals surface area contributed by atoms with E-state index in [1.807, 2.05) is 54.7 Å². The number of aryl methyl sites for hydroxylation is 1. The maximum Gasteiger partial charge on any atom is 0.344 e. The molecule has 188 valence electrons. The van der Waals surface area contributed by atoms with Gasteiger partial charge in [-0.25, -0.2) is 4.79 Å². The molecule has 0 saturated heterocycles. The fourth-order valence-corrected chi connectivity index (χ4v) is 4.39. The topological polar surface area (TPSA) is 76.0 Å². The van der Waals surface area contributed by atoms with Crippen LogP contribution in [-0.4, -0.2) is 30.0 Å². The van der Waals surface area contributed by atoms with Crippen LogP contribution in [0, 0.1) is 6.92 Å². The van der Waals surface area contributed by atoms with Gasteiger partial charge >= 0.3 is 5.97 Å². The van der Waals surface area contributed by atoms with E-state index in [1.54, 1.807) is 32.2 Å². The molecule has 0 spiro atoms. The zero-order chi connectivity index (χ0) is 25.9. The molecule has 0 unspecified atom stereocenters. The van der Waals surface area contributed by atoms with Gasteiger partial charge in [-0.05, 0) is 55.8 Å². The second-order valence-corrected chi connectivity index (χ2v) is 8.69. The number of aromatic nitrogens is 1. The van der Waals surface area contributed by atoms with Crippen molar-refractivity contribution in [3.8, 4) is 17.2 Å². The summed E-state index contributed by atoms with van der Waals surface area (Å²) in [5.74, 6) is 1.18. The first-order chi connectivity index (χ1) is 18.0. The highest BCUT2D eigenvalue weighted by Crippen LogP contribution is 2.40. The van der Waals surface area contributed by atoms with Crippen LogP contribution in [0.25, 0.3) is 17.0 Å². The number of hydrogen-bond donors (Lipinski definition) is 0. The number of hydrogen-bond acceptors (Lipinski definition) is 6. The summed E-state index contributed by atoms with van der Waals surface area (Å²) in [6, 6.07) is 18.7. The molecule has 0 aliphatic carbocycles. The van der Waals surface area contributed by atoms with Crippen LogP contribution in [0.4, 0.5) is 0 Å². The summed E-state index contributed by atoms with van der Waals surface area (Å²) in [5, 5.41) is 0.968. The summed E-state index contributed by atoms with van der Waals surface area (Å²) in [4.78, 5) is 25.3. The van der Waals surface area contributed by atoms with E-state index in [1.165, 1.54) is 0 Å². The van der Waals surface area contributed by atoms with Crippen LogP contribution in [0.5, 0.6) is 17.2 Å². The van der Waals surface area contributed by atoms with Crippen molar-refractivity contribution in [1.29, 1.82) is 0 Å². The lowest BCUT2D eigenvalue weighted by Gasteiger charge is -2.11. The van der Waals surface area contributed by atoms with Gasteiger partial charge < -0.3 is 23.5 Å². The Labute approximate surface area is 214 Å². The van der Waals surface area contributed by atoms with Gasteiger partial charge in [0.1, 0.15) is 23.9 Å². The third-order valence-corrected chi connectivity index (χ3v) is 6.37. The number of carbonyl (C=O) groups is 2. The van der Waals surface area contributed by atoms with Crippen LogP contribution in [0.1, 0.15) is 34.0 Å². The van der Waals surface area contributed by atoms with Crippen LogP contribution in [0.2, 0.25) is 0 Å². The van der Waals surface area contributed by atoms with Gasteiger partial charge in [-0.15, -0.1) is 0 Å². The van der Waals surface area contributed by atoms with Crippen LogP contribution in [0.15, 0.2) is 72.6 Å². The number of fused-ring (bicyclic) bond motifs is 2. The van der Waals surface area contributed by atoms with E-state index in [9.17, 15) is 9.59 Å². The molecule has 0 amide bonds. The molecule has 1 aliphatic heterocycles. The first-order valence-electron chi connectivity index (χ1n) is 12.1. The van der Waals surface area contributed by atoms with Crippen molar-refractivity contribution < 1.29 is 28.5 Å². The molecule has 0 radical (unpaired) electrons. The predicted octanol–water partition coefficient (Wildman–Crippen LogP) is 5.72. The molecule has 1 aromatic heterocycles. The zero-order valence-electron chi connectivity index (χ0n) is 20.9. The first-order valence-corrected chi connectivity index (χ1v) is 12.1. The second kappa shape index (κ2) is 10.2. The van der Waals surface area contributed by atoms with E-state index in [2.05, 4.69) is 11.5 Å². The Morgan fingerprint density at radius 1 is 1.08 bits per heavy atom. The number of nitrogens with zero attached hydrogens (tertiary/aromatic N) is 1. The van der Waals surface area contributed by atoms with E-state index in [-0.39, 0.29) is 24.8 Å². The summed E-state index contributed by atoms with van der Waals surface area (Å²) in [6.45, 7) is 4.58. The number of ketones is 1. The fraction of sp³-hybridized carbons (Fsp3) is 0.200. The van der Waals surface area contributed by atoms with Crippen LogP contribution in [0.3, 0.4) is 0 Å². The standard InChI is InChI=1S/C30H27NO6/c1-4-31-16-21(24-15-22(34-3)10-12-25(24)31)14-27-29(33)23-11-13-26(19(2)30(23)37-27)35-18-28(32)36-17-20-8-6-5-7-9-20/h5-16H,4,17-18H2,1-3H3. The molecule has 3 aromatic carbocycles. The van der Waals surface area contributed by atoms with Gasteiger partial charge in [0.05, 0.1) is 12.7 Å². The van der Waals surface area contributed by atoms with Gasteiger partial charge in [-0.3, -0.25) is 4.79 Å². The van der Waals surface area contributed by atoms with Crippen molar-refractivity contribution in [3.05, 3.63) is 94.9 Å². The van der Waals surface area contributed by atoms with Crippen molar-refractivity contribution in [2.45, 2.75) is 27.0 Å². The van der Waals surface area contributed by atoms with Gasteiger partial charge in [0.25, 0.3) is 0 Å². The molecule has 0 N–H and O–H groups in total. The van der Waals surface area contributed by atoms with Crippen LogP contribution in [-0.2, 0) is 22.7 Å². The van der Waals surface area contributed by atoms with Gasteiger partial charge in [0, 0.05) is 34.8 Å². The minimum absolute atomic E-state index is 0.179. The second-order valence-electron chi connectivity index (χ2n) is 8.69. The number of rotatable bonds is 8. The molecule has 4 aromatic rings. The molecular weight excluding hydrogens is 470 g/mol. The number of ether oxygens (including phenoxy) is 4. The molecular formula is C30H27NO6. The fourth-order valence-electron chi connectivity index (χ4n) is 4.39. The molecule has 7 nitrogen and oxygen atoms in total. The zero-order valence-corrected chi connectivity index (χ0v) is 20.9. The molecule has 7 heteroatoms. The highest BCUT2D eigenvalue weighted by atomic mass is 16.6. The number of esters is 1. The number of methoxy groups -OCH3 is 1. The Bertz CT molecular complexity index is 1520. The van der Waals surface area contributed by atoms with E-state index < -0.39 is 5.97 Å². The molecule has 0 bridgehead atoms.